The molecule has 0 aliphatic carbocycles. The van der Waals surface area contributed by atoms with Crippen LogP contribution in [0.25, 0.3) is 0 Å². The summed E-state index contributed by atoms with van der Waals surface area (Å²) in [5, 5.41) is 10.1. The molecule has 1 spiro atoms. The SMILES string of the molecule is OC1CSCC1C1CCOC2(CCSCC2)C1. The Morgan fingerprint density at radius 3 is 2.65 bits per heavy atom. The van der Waals surface area contributed by atoms with Gasteiger partial charge in [-0.25, -0.2) is 0 Å². The van der Waals surface area contributed by atoms with Crippen molar-refractivity contribution in [1.29, 1.82) is 0 Å². The Labute approximate surface area is 112 Å². The molecule has 3 saturated heterocycles. The molecule has 0 aromatic carbocycles. The zero-order chi connectivity index (χ0) is 11.7. The first kappa shape index (κ1) is 12.6. The summed E-state index contributed by atoms with van der Waals surface area (Å²) >= 11 is 3.99. The number of aliphatic hydroxyl groups is 1. The molecular weight excluding hydrogens is 252 g/mol. The minimum Gasteiger partial charge on any atom is -0.392 e. The van der Waals surface area contributed by atoms with Crippen LogP contribution in [0.3, 0.4) is 0 Å². The first-order valence-corrected chi connectivity index (χ1v) is 9.08. The Hall–Kier alpha value is 0.620. The largest absolute Gasteiger partial charge is 0.392 e. The number of hydrogen-bond donors (Lipinski definition) is 1. The molecule has 3 rings (SSSR count). The van der Waals surface area contributed by atoms with Crippen molar-refractivity contribution in [3.8, 4) is 0 Å². The summed E-state index contributed by atoms with van der Waals surface area (Å²) in [5.41, 5.74) is 0.182. The number of hydrogen-bond acceptors (Lipinski definition) is 4. The molecule has 3 unspecified atom stereocenters. The quantitative estimate of drug-likeness (QED) is 0.795. The van der Waals surface area contributed by atoms with Gasteiger partial charge in [-0.1, -0.05) is 0 Å². The van der Waals surface area contributed by atoms with Gasteiger partial charge in [0.15, 0.2) is 0 Å². The molecule has 98 valence electrons. The van der Waals surface area contributed by atoms with Crippen molar-refractivity contribution in [2.45, 2.75) is 37.4 Å². The zero-order valence-corrected chi connectivity index (χ0v) is 11.9. The first-order chi connectivity index (χ1) is 8.29. The fourth-order valence-electron chi connectivity index (χ4n) is 3.53. The topological polar surface area (TPSA) is 29.5 Å². The molecule has 3 atom stereocenters. The molecule has 3 aliphatic rings. The lowest BCUT2D eigenvalue weighted by Crippen LogP contribution is -2.45. The predicted molar refractivity (Wildman–Crippen MR) is 74.8 cm³/mol. The Balaban J connectivity index is 1.66. The van der Waals surface area contributed by atoms with Gasteiger partial charge in [0.05, 0.1) is 11.7 Å². The van der Waals surface area contributed by atoms with Crippen molar-refractivity contribution in [2.75, 3.05) is 29.6 Å². The molecule has 17 heavy (non-hydrogen) atoms. The Morgan fingerprint density at radius 1 is 1.12 bits per heavy atom. The van der Waals surface area contributed by atoms with E-state index in [4.69, 9.17) is 4.74 Å². The normalized spacial score (nSPS) is 41.8. The van der Waals surface area contributed by atoms with Crippen LogP contribution in [-0.2, 0) is 4.74 Å². The van der Waals surface area contributed by atoms with Crippen LogP contribution in [0.15, 0.2) is 0 Å². The van der Waals surface area contributed by atoms with Crippen LogP contribution >= 0.6 is 23.5 Å². The van der Waals surface area contributed by atoms with E-state index in [1.165, 1.54) is 30.8 Å². The number of rotatable bonds is 1. The van der Waals surface area contributed by atoms with Gasteiger partial charge in [0.1, 0.15) is 0 Å². The van der Waals surface area contributed by atoms with Gasteiger partial charge in [0.25, 0.3) is 0 Å². The fourth-order valence-corrected chi connectivity index (χ4v) is 6.16. The molecule has 0 radical (unpaired) electrons. The highest BCUT2D eigenvalue weighted by Crippen LogP contribution is 2.44. The summed E-state index contributed by atoms with van der Waals surface area (Å²) < 4.78 is 6.13. The van der Waals surface area contributed by atoms with Gasteiger partial charge in [0.2, 0.25) is 0 Å². The van der Waals surface area contributed by atoms with Crippen molar-refractivity contribution < 1.29 is 9.84 Å². The maximum Gasteiger partial charge on any atom is 0.0701 e. The molecule has 0 aromatic heterocycles. The van der Waals surface area contributed by atoms with E-state index in [-0.39, 0.29) is 11.7 Å². The second-order valence-electron chi connectivity index (χ2n) is 5.67. The summed E-state index contributed by atoms with van der Waals surface area (Å²) in [6.07, 6.45) is 4.76. The van der Waals surface area contributed by atoms with E-state index in [2.05, 4.69) is 11.8 Å². The van der Waals surface area contributed by atoms with Crippen LogP contribution in [0.2, 0.25) is 0 Å². The van der Waals surface area contributed by atoms with E-state index in [1.54, 1.807) is 0 Å². The minimum atomic E-state index is -0.0573. The lowest BCUT2D eigenvalue weighted by molar-refractivity contribution is -0.115. The maximum atomic E-state index is 10.1. The van der Waals surface area contributed by atoms with Gasteiger partial charge >= 0.3 is 0 Å². The number of ether oxygens (including phenoxy) is 1. The molecule has 4 heteroatoms. The van der Waals surface area contributed by atoms with Crippen LogP contribution in [0, 0.1) is 11.8 Å². The fraction of sp³-hybridized carbons (Fsp3) is 1.00. The van der Waals surface area contributed by atoms with Crippen LogP contribution in [-0.4, -0.2) is 46.4 Å². The van der Waals surface area contributed by atoms with Gasteiger partial charge in [0, 0.05) is 12.4 Å². The highest BCUT2D eigenvalue weighted by Gasteiger charge is 2.43. The van der Waals surface area contributed by atoms with Crippen molar-refractivity contribution in [1.82, 2.24) is 0 Å². The van der Waals surface area contributed by atoms with E-state index < -0.39 is 0 Å². The third-order valence-corrected chi connectivity index (χ3v) is 6.82. The summed E-state index contributed by atoms with van der Waals surface area (Å²) in [6, 6.07) is 0. The van der Waals surface area contributed by atoms with Gasteiger partial charge in [-0.05, 0) is 54.8 Å². The minimum absolute atomic E-state index is 0.0573. The maximum absolute atomic E-state index is 10.1. The second kappa shape index (κ2) is 5.32. The van der Waals surface area contributed by atoms with Crippen LogP contribution in [0.5, 0.6) is 0 Å². The highest BCUT2D eigenvalue weighted by molar-refractivity contribution is 7.99. The van der Waals surface area contributed by atoms with Crippen LogP contribution < -0.4 is 0 Å². The lowest BCUT2D eigenvalue weighted by Gasteiger charge is -2.45. The highest BCUT2D eigenvalue weighted by atomic mass is 32.2. The standard InChI is InChI=1S/C13H22O2S2/c14-12-9-17-8-11(12)10-1-4-15-13(7-10)2-5-16-6-3-13/h10-12,14H,1-9H2. The molecule has 3 fully saturated rings. The Bertz CT molecular complexity index is 261. The molecule has 0 saturated carbocycles. The third kappa shape index (κ3) is 2.65. The van der Waals surface area contributed by atoms with Crippen molar-refractivity contribution in [2.24, 2.45) is 11.8 Å². The average Bonchev–Trinajstić information content (AvgIpc) is 2.77. The smallest absolute Gasteiger partial charge is 0.0701 e. The van der Waals surface area contributed by atoms with Crippen molar-refractivity contribution in [3.05, 3.63) is 0 Å². The van der Waals surface area contributed by atoms with Crippen molar-refractivity contribution >= 4 is 23.5 Å². The van der Waals surface area contributed by atoms with Crippen molar-refractivity contribution in [3.63, 3.8) is 0 Å². The van der Waals surface area contributed by atoms with E-state index in [0.29, 0.717) is 11.8 Å². The van der Waals surface area contributed by atoms with E-state index in [0.717, 1.165) is 24.5 Å². The first-order valence-electron chi connectivity index (χ1n) is 6.77. The zero-order valence-electron chi connectivity index (χ0n) is 10.3. The average molecular weight is 274 g/mol. The Morgan fingerprint density at radius 2 is 1.94 bits per heavy atom. The summed E-state index contributed by atoms with van der Waals surface area (Å²) in [4.78, 5) is 0. The summed E-state index contributed by atoms with van der Waals surface area (Å²) in [5.74, 6) is 5.87. The van der Waals surface area contributed by atoms with E-state index >= 15 is 0 Å². The molecular formula is C13H22O2S2. The molecule has 0 aromatic rings. The van der Waals surface area contributed by atoms with Gasteiger partial charge in [-0.15, -0.1) is 0 Å². The summed E-state index contributed by atoms with van der Waals surface area (Å²) in [7, 11) is 0. The lowest BCUT2D eigenvalue weighted by atomic mass is 9.75. The van der Waals surface area contributed by atoms with Crippen LogP contribution in [0.1, 0.15) is 25.7 Å². The summed E-state index contributed by atoms with van der Waals surface area (Å²) in [6.45, 7) is 0.920. The Kier molecular flexibility index (Phi) is 3.95. The van der Waals surface area contributed by atoms with E-state index in [9.17, 15) is 5.11 Å². The van der Waals surface area contributed by atoms with Crippen LogP contribution in [0.4, 0.5) is 0 Å². The van der Waals surface area contributed by atoms with Gasteiger partial charge in [-0.3, -0.25) is 0 Å². The molecule has 3 heterocycles. The molecule has 0 amide bonds. The van der Waals surface area contributed by atoms with Gasteiger partial charge in [-0.2, -0.15) is 23.5 Å². The number of thioether (sulfide) groups is 2. The predicted octanol–water partition coefficient (Wildman–Crippen LogP) is 2.40. The molecule has 3 aliphatic heterocycles. The van der Waals surface area contributed by atoms with Gasteiger partial charge < -0.3 is 9.84 Å². The molecule has 2 nitrogen and oxygen atoms in total. The van der Waals surface area contributed by atoms with E-state index in [1.807, 2.05) is 11.8 Å². The second-order valence-corrected chi connectivity index (χ2v) is 7.97. The monoisotopic (exact) mass is 274 g/mol. The third-order valence-electron chi connectivity index (χ3n) is 4.63. The molecule has 0 bridgehead atoms. The number of aliphatic hydroxyl groups excluding tert-OH is 1. The molecule has 1 N–H and O–H groups in total.